The maximum absolute atomic E-state index is 12.0. The van der Waals surface area contributed by atoms with E-state index in [0.29, 0.717) is 13.0 Å². The molecule has 1 amide bonds. The summed E-state index contributed by atoms with van der Waals surface area (Å²) in [5, 5.41) is 2.98. The van der Waals surface area contributed by atoms with Crippen LogP contribution in [0, 0.1) is 13.8 Å². The molecule has 0 saturated carbocycles. The summed E-state index contributed by atoms with van der Waals surface area (Å²) < 4.78 is 7.81. The number of nitrogens with zero attached hydrogens (tertiary/aromatic N) is 2. The smallest absolute Gasteiger partial charge is 0.220 e. The molecule has 0 aliphatic heterocycles. The number of hydrogen-bond acceptors (Lipinski definition) is 3. The number of carbonyl (C=O) groups excluding carboxylic acids is 1. The summed E-state index contributed by atoms with van der Waals surface area (Å²) in [5.74, 6) is 1.90. The van der Waals surface area contributed by atoms with Crippen LogP contribution in [-0.2, 0) is 11.3 Å². The zero-order chi connectivity index (χ0) is 16.7. The van der Waals surface area contributed by atoms with Crippen molar-refractivity contribution in [3.05, 3.63) is 48.0 Å². The number of imidazole rings is 1. The summed E-state index contributed by atoms with van der Waals surface area (Å²) in [4.78, 5) is 16.1. The molecule has 1 heterocycles. The number of carbonyl (C=O) groups is 1. The first-order valence-electron chi connectivity index (χ1n) is 8.02. The van der Waals surface area contributed by atoms with Crippen LogP contribution < -0.4 is 10.1 Å². The summed E-state index contributed by atoms with van der Waals surface area (Å²) in [6, 6.07) is 7.87. The van der Waals surface area contributed by atoms with Crippen molar-refractivity contribution in [2.45, 2.75) is 46.2 Å². The number of aromatic nitrogens is 2. The van der Waals surface area contributed by atoms with Gasteiger partial charge >= 0.3 is 0 Å². The van der Waals surface area contributed by atoms with E-state index in [1.54, 1.807) is 6.20 Å². The summed E-state index contributed by atoms with van der Waals surface area (Å²) in [7, 11) is 0. The van der Waals surface area contributed by atoms with E-state index >= 15 is 0 Å². The van der Waals surface area contributed by atoms with Gasteiger partial charge in [-0.2, -0.15) is 0 Å². The predicted molar refractivity (Wildman–Crippen MR) is 90.5 cm³/mol. The van der Waals surface area contributed by atoms with Gasteiger partial charge in [0.05, 0.1) is 6.04 Å². The first kappa shape index (κ1) is 17.1. The van der Waals surface area contributed by atoms with Crippen molar-refractivity contribution in [2.75, 3.05) is 6.61 Å². The monoisotopic (exact) mass is 315 g/mol. The second kappa shape index (κ2) is 8.36. The van der Waals surface area contributed by atoms with E-state index in [-0.39, 0.29) is 11.9 Å². The van der Waals surface area contributed by atoms with Gasteiger partial charge in [0, 0.05) is 25.4 Å². The van der Waals surface area contributed by atoms with Crippen molar-refractivity contribution in [3.8, 4) is 5.75 Å². The van der Waals surface area contributed by atoms with Crippen LogP contribution >= 0.6 is 0 Å². The molecule has 5 heteroatoms. The number of benzene rings is 1. The Labute approximate surface area is 137 Å². The number of aryl methyl sites for hydroxylation is 3. The first-order chi connectivity index (χ1) is 11.1. The fraction of sp³-hybridized carbons (Fsp3) is 0.444. The van der Waals surface area contributed by atoms with Crippen molar-refractivity contribution in [1.29, 1.82) is 0 Å². The van der Waals surface area contributed by atoms with Gasteiger partial charge in [-0.3, -0.25) is 4.79 Å². The molecule has 0 aliphatic rings. The van der Waals surface area contributed by atoms with E-state index in [0.717, 1.165) is 30.1 Å². The Morgan fingerprint density at radius 2 is 2.13 bits per heavy atom. The third-order valence-electron chi connectivity index (χ3n) is 3.72. The minimum Gasteiger partial charge on any atom is -0.491 e. The molecule has 0 fully saturated rings. The maximum Gasteiger partial charge on any atom is 0.220 e. The number of amides is 1. The molecule has 0 saturated heterocycles. The van der Waals surface area contributed by atoms with Gasteiger partial charge in [-0.1, -0.05) is 18.2 Å². The van der Waals surface area contributed by atoms with Gasteiger partial charge < -0.3 is 14.6 Å². The van der Waals surface area contributed by atoms with Crippen LogP contribution in [0.2, 0.25) is 0 Å². The molecular formula is C18H25N3O2. The lowest BCUT2D eigenvalue weighted by atomic mass is 10.2. The van der Waals surface area contributed by atoms with E-state index < -0.39 is 0 Å². The van der Waals surface area contributed by atoms with E-state index in [4.69, 9.17) is 4.74 Å². The lowest BCUT2D eigenvalue weighted by Gasteiger charge is -2.16. The fourth-order valence-corrected chi connectivity index (χ4v) is 2.37. The van der Waals surface area contributed by atoms with Gasteiger partial charge in [0.25, 0.3) is 0 Å². The highest BCUT2D eigenvalue weighted by molar-refractivity contribution is 5.76. The predicted octanol–water partition coefficient (Wildman–Crippen LogP) is 2.86. The van der Waals surface area contributed by atoms with E-state index in [9.17, 15) is 4.79 Å². The molecular weight excluding hydrogens is 290 g/mol. The van der Waals surface area contributed by atoms with Gasteiger partial charge in [0.15, 0.2) is 0 Å². The van der Waals surface area contributed by atoms with Gasteiger partial charge in [-0.15, -0.1) is 0 Å². The lowest BCUT2D eigenvalue weighted by molar-refractivity contribution is -0.122. The molecule has 5 nitrogen and oxygen atoms in total. The summed E-state index contributed by atoms with van der Waals surface area (Å²) in [5.41, 5.74) is 1.10. The van der Waals surface area contributed by atoms with Crippen LogP contribution in [0.4, 0.5) is 0 Å². The third-order valence-corrected chi connectivity index (χ3v) is 3.72. The molecule has 0 aliphatic carbocycles. The summed E-state index contributed by atoms with van der Waals surface area (Å²) in [6.45, 7) is 7.21. The van der Waals surface area contributed by atoms with Crippen LogP contribution in [0.15, 0.2) is 36.7 Å². The average Bonchev–Trinajstić information content (AvgIpc) is 2.92. The lowest BCUT2D eigenvalue weighted by Crippen LogP contribution is -2.36. The number of para-hydroxylation sites is 1. The highest BCUT2D eigenvalue weighted by atomic mass is 16.5. The number of nitrogens with one attached hydrogen (secondary N) is 1. The Balaban J connectivity index is 1.66. The van der Waals surface area contributed by atoms with Crippen molar-refractivity contribution < 1.29 is 9.53 Å². The topological polar surface area (TPSA) is 56.1 Å². The molecule has 1 N–H and O–H groups in total. The highest BCUT2D eigenvalue weighted by Crippen LogP contribution is 2.16. The van der Waals surface area contributed by atoms with Crippen LogP contribution in [0.5, 0.6) is 5.75 Å². The zero-order valence-corrected chi connectivity index (χ0v) is 14.1. The van der Waals surface area contributed by atoms with E-state index in [1.165, 1.54) is 0 Å². The summed E-state index contributed by atoms with van der Waals surface area (Å²) >= 11 is 0. The molecule has 0 unspecified atom stereocenters. The molecule has 124 valence electrons. The second-order valence-corrected chi connectivity index (χ2v) is 5.82. The standard InChI is InChI=1S/C18H25N3O2/c1-14-7-4-5-8-17(14)23-13-15(2)20-18(22)9-6-11-21-12-10-19-16(21)3/h4-5,7-8,10,12,15H,6,9,11,13H2,1-3H3,(H,20,22)/t15-/m1/s1. The molecule has 23 heavy (non-hydrogen) atoms. The van der Waals surface area contributed by atoms with Gasteiger partial charge in [-0.05, 0) is 38.8 Å². The van der Waals surface area contributed by atoms with Crippen molar-refractivity contribution in [1.82, 2.24) is 14.9 Å². The Kier molecular flexibility index (Phi) is 6.20. The average molecular weight is 315 g/mol. The fourth-order valence-electron chi connectivity index (χ4n) is 2.37. The van der Waals surface area contributed by atoms with E-state index in [2.05, 4.69) is 14.9 Å². The van der Waals surface area contributed by atoms with Crippen molar-refractivity contribution in [3.63, 3.8) is 0 Å². The molecule has 0 radical (unpaired) electrons. The molecule has 1 aromatic carbocycles. The molecule has 1 aromatic heterocycles. The van der Waals surface area contributed by atoms with Crippen LogP contribution in [0.1, 0.15) is 31.2 Å². The largest absolute Gasteiger partial charge is 0.491 e. The third kappa shape index (κ3) is 5.43. The van der Waals surface area contributed by atoms with Crippen LogP contribution in [0.25, 0.3) is 0 Å². The quantitative estimate of drug-likeness (QED) is 0.815. The Bertz CT molecular complexity index is 637. The minimum absolute atomic E-state index is 0.0166. The summed E-state index contributed by atoms with van der Waals surface area (Å²) in [6.07, 6.45) is 5.02. The van der Waals surface area contributed by atoms with E-state index in [1.807, 2.05) is 51.2 Å². The SMILES string of the molecule is Cc1ccccc1OC[C@@H](C)NC(=O)CCCn1ccnc1C. The van der Waals surface area contributed by atoms with Crippen molar-refractivity contribution in [2.24, 2.45) is 0 Å². The molecule has 0 bridgehead atoms. The van der Waals surface area contributed by atoms with Gasteiger partial charge in [0.2, 0.25) is 5.91 Å². The maximum atomic E-state index is 12.0. The first-order valence-corrected chi connectivity index (χ1v) is 8.02. The van der Waals surface area contributed by atoms with Gasteiger partial charge in [-0.25, -0.2) is 4.98 Å². The van der Waals surface area contributed by atoms with Crippen molar-refractivity contribution >= 4 is 5.91 Å². The zero-order valence-electron chi connectivity index (χ0n) is 14.1. The van der Waals surface area contributed by atoms with Crippen LogP contribution in [0.3, 0.4) is 0 Å². The number of hydrogen-bond donors (Lipinski definition) is 1. The highest BCUT2D eigenvalue weighted by Gasteiger charge is 2.09. The second-order valence-electron chi connectivity index (χ2n) is 5.82. The van der Waals surface area contributed by atoms with Gasteiger partial charge in [0.1, 0.15) is 18.2 Å². The normalized spacial score (nSPS) is 12.0. The molecule has 2 rings (SSSR count). The number of ether oxygens (including phenoxy) is 1. The molecule has 2 aromatic rings. The molecule has 1 atom stereocenters. The Hall–Kier alpha value is -2.30. The molecule has 0 spiro atoms. The Morgan fingerprint density at radius 1 is 1.35 bits per heavy atom. The van der Waals surface area contributed by atoms with Crippen LogP contribution in [-0.4, -0.2) is 28.1 Å². The number of rotatable bonds is 8. The Morgan fingerprint density at radius 3 is 2.83 bits per heavy atom. The minimum atomic E-state index is -0.0166.